The Morgan fingerprint density at radius 2 is 2.00 bits per heavy atom. The number of hydrogen-bond donors (Lipinski definition) is 0. The Labute approximate surface area is 118 Å². The van der Waals surface area contributed by atoms with Gasteiger partial charge in [-0.15, -0.1) is 0 Å². The summed E-state index contributed by atoms with van der Waals surface area (Å²) in [5, 5.41) is 4.08. The van der Waals surface area contributed by atoms with Crippen LogP contribution in [-0.2, 0) is 11.2 Å². The van der Waals surface area contributed by atoms with E-state index in [9.17, 15) is 4.79 Å². The van der Waals surface area contributed by atoms with Crippen LogP contribution >= 0.6 is 0 Å². The molecule has 1 aliphatic carbocycles. The number of carbonyl (C=O) groups excluding carboxylic acids is 1. The molecule has 4 nitrogen and oxygen atoms in total. The van der Waals surface area contributed by atoms with Gasteiger partial charge in [-0.05, 0) is 30.9 Å². The second-order valence-electron chi connectivity index (χ2n) is 5.47. The lowest BCUT2D eigenvalue weighted by molar-refractivity contribution is -0.120. The highest BCUT2D eigenvalue weighted by Crippen LogP contribution is 2.30. The molecule has 0 amide bonds. The van der Waals surface area contributed by atoms with Gasteiger partial charge >= 0.3 is 0 Å². The van der Waals surface area contributed by atoms with Crippen molar-refractivity contribution < 1.29 is 9.32 Å². The number of carbonyl (C=O) groups is 1. The normalized spacial score (nSPS) is 16.6. The molecule has 0 saturated heterocycles. The summed E-state index contributed by atoms with van der Waals surface area (Å²) in [4.78, 5) is 15.8. The van der Waals surface area contributed by atoms with E-state index in [2.05, 4.69) is 29.2 Å². The van der Waals surface area contributed by atoms with Gasteiger partial charge in [0, 0.05) is 25.2 Å². The van der Waals surface area contributed by atoms with Gasteiger partial charge in [0.05, 0.1) is 0 Å². The van der Waals surface area contributed by atoms with E-state index >= 15 is 0 Å². The largest absolute Gasteiger partial charge is 0.339 e. The van der Waals surface area contributed by atoms with Crippen LogP contribution in [0.25, 0.3) is 0 Å². The van der Waals surface area contributed by atoms with Crippen LogP contribution in [0.2, 0.25) is 0 Å². The van der Waals surface area contributed by atoms with Gasteiger partial charge in [-0.2, -0.15) is 4.98 Å². The molecule has 0 spiro atoms. The molecule has 0 aliphatic heterocycles. The molecule has 1 fully saturated rings. The second-order valence-corrected chi connectivity index (χ2v) is 5.47. The average Bonchev–Trinajstić information content (AvgIpc) is 2.91. The van der Waals surface area contributed by atoms with Crippen molar-refractivity contribution >= 4 is 5.78 Å². The van der Waals surface area contributed by atoms with E-state index in [0.717, 1.165) is 18.7 Å². The van der Waals surface area contributed by atoms with E-state index in [4.69, 9.17) is 4.52 Å². The van der Waals surface area contributed by atoms with Crippen LogP contribution in [0.1, 0.15) is 54.4 Å². The Bertz CT molecular complexity index is 608. The minimum atomic E-state index is 0.255. The molecule has 2 aromatic rings. The summed E-state index contributed by atoms with van der Waals surface area (Å²) in [5.74, 6) is 2.03. The first kappa shape index (κ1) is 13.0. The van der Waals surface area contributed by atoms with Crippen LogP contribution in [0.3, 0.4) is 0 Å². The van der Waals surface area contributed by atoms with E-state index in [1.54, 1.807) is 0 Å². The molecule has 1 heterocycles. The first-order valence-electron chi connectivity index (χ1n) is 7.11. The molecule has 0 unspecified atom stereocenters. The zero-order valence-corrected chi connectivity index (χ0v) is 11.6. The van der Waals surface area contributed by atoms with Crippen molar-refractivity contribution in [2.24, 2.45) is 0 Å². The van der Waals surface area contributed by atoms with Crippen LogP contribution in [0.5, 0.6) is 0 Å². The predicted molar refractivity (Wildman–Crippen MR) is 74.5 cm³/mol. The zero-order chi connectivity index (χ0) is 13.9. The Morgan fingerprint density at radius 1 is 1.25 bits per heavy atom. The fourth-order valence-electron chi connectivity index (χ4n) is 2.67. The lowest BCUT2D eigenvalue weighted by Crippen LogP contribution is -2.12. The van der Waals surface area contributed by atoms with Crippen molar-refractivity contribution in [2.75, 3.05) is 0 Å². The maximum Gasteiger partial charge on any atom is 0.229 e. The Hall–Kier alpha value is -1.97. The molecule has 3 rings (SSSR count). The number of ketones is 1. The molecular formula is C16H18N2O2. The zero-order valence-electron chi connectivity index (χ0n) is 11.6. The highest BCUT2D eigenvalue weighted by molar-refractivity contribution is 5.79. The molecule has 104 valence electrons. The standard InChI is InChI=1S/C16H18N2O2/c1-11-4-2-3-5-13(11)10-15-17-16(20-18-15)12-6-8-14(19)9-7-12/h2-5,12H,6-10H2,1H3. The lowest BCUT2D eigenvalue weighted by Gasteiger charge is -2.16. The smallest absolute Gasteiger partial charge is 0.229 e. The summed E-state index contributed by atoms with van der Waals surface area (Å²) >= 11 is 0. The average molecular weight is 270 g/mol. The van der Waals surface area contributed by atoms with E-state index in [-0.39, 0.29) is 5.92 Å². The molecule has 20 heavy (non-hydrogen) atoms. The first-order valence-corrected chi connectivity index (χ1v) is 7.11. The third-order valence-corrected chi connectivity index (χ3v) is 3.99. The Kier molecular flexibility index (Phi) is 3.63. The Morgan fingerprint density at radius 3 is 2.75 bits per heavy atom. The second kappa shape index (κ2) is 5.57. The first-order chi connectivity index (χ1) is 9.72. The summed E-state index contributed by atoms with van der Waals surface area (Å²) in [6.07, 6.45) is 3.65. The fraction of sp³-hybridized carbons (Fsp3) is 0.438. The number of hydrogen-bond acceptors (Lipinski definition) is 4. The molecule has 0 N–H and O–H groups in total. The van der Waals surface area contributed by atoms with Crippen molar-refractivity contribution in [2.45, 2.75) is 44.9 Å². The van der Waals surface area contributed by atoms with E-state index in [1.807, 2.05) is 12.1 Å². The van der Waals surface area contributed by atoms with E-state index < -0.39 is 0 Å². The third kappa shape index (κ3) is 2.79. The van der Waals surface area contributed by atoms with Crippen molar-refractivity contribution in [3.05, 3.63) is 47.1 Å². The van der Waals surface area contributed by atoms with Crippen LogP contribution < -0.4 is 0 Å². The fourth-order valence-corrected chi connectivity index (χ4v) is 2.67. The molecule has 0 radical (unpaired) electrons. The number of Topliss-reactive ketones (excluding diaryl/α,β-unsaturated/α-hetero) is 1. The SMILES string of the molecule is Cc1ccccc1Cc1noc(C2CCC(=O)CC2)n1. The molecule has 0 atom stereocenters. The summed E-state index contributed by atoms with van der Waals surface area (Å²) in [7, 11) is 0. The topological polar surface area (TPSA) is 56.0 Å². The van der Waals surface area contributed by atoms with Gasteiger partial charge in [-0.25, -0.2) is 0 Å². The number of benzene rings is 1. The molecule has 1 aromatic heterocycles. The molecule has 1 aliphatic rings. The van der Waals surface area contributed by atoms with Gasteiger partial charge in [-0.1, -0.05) is 29.4 Å². The molecule has 0 bridgehead atoms. The summed E-state index contributed by atoms with van der Waals surface area (Å²) < 4.78 is 5.38. The third-order valence-electron chi connectivity index (χ3n) is 3.99. The highest BCUT2D eigenvalue weighted by Gasteiger charge is 2.25. The van der Waals surface area contributed by atoms with E-state index in [0.29, 0.717) is 30.9 Å². The molecule has 1 saturated carbocycles. The number of aryl methyl sites for hydroxylation is 1. The maximum atomic E-state index is 11.3. The minimum Gasteiger partial charge on any atom is -0.339 e. The van der Waals surface area contributed by atoms with Gasteiger partial charge in [0.2, 0.25) is 5.89 Å². The highest BCUT2D eigenvalue weighted by atomic mass is 16.5. The summed E-state index contributed by atoms with van der Waals surface area (Å²) in [5.41, 5.74) is 2.46. The number of nitrogens with zero attached hydrogens (tertiary/aromatic N) is 2. The molecule has 4 heteroatoms. The van der Waals surface area contributed by atoms with Crippen LogP contribution in [0, 0.1) is 6.92 Å². The van der Waals surface area contributed by atoms with Crippen molar-refractivity contribution in [1.82, 2.24) is 10.1 Å². The summed E-state index contributed by atoms with van der Waals surface area (Å²) in [6, 6.07) is 8.23. The van der Waals surface area contributed by atoms with E-state index in [1.165, 1.54) is 11.1 Å². The van der Waals surface area contributed by atoms with Gasteiger partial charge in [0.25, 0.3) is 0 Å². The van der Waals surface area contributed by atoms with Gasteiger partial charge in [0.15, 0.2) is 5.82 Å². The number of rotatable bonds is 3. The van der Waals surface area contributed by atoms with Gasteiger partial charge in [-0.3, -0.25) is 4.79 Å². The number of aromatic nitrogens is 2. The van der Waals surface area contributed by atoms with Crippen molar-refractivity contribution in [3.8, 4) is 0 Å². The van der Waals surface area contributed by atoms with Crippen LogP contribution in [0.15, 0.2) is 28.8 Å². The predicted octanol–water partition coefficient (Wildman–Crippen LogP) is 3.20. The molecule has 1 aromatic carbocycles. The van der Waals surface area contributed by atoms with Crippen molar-refractivity contribution in [1.29, 1.82) is 0 Å². The van der Waals surface area contributed by atoms with Crippen LogP contribution in [0.4, 0.5) is 0 Å². The quantitative estimate of drug-likeness (QED) is 0.859. The van der Waals surface area contributed by atoms with Gasteiger partial charge in [0.1, 0.15) is 5.78 Å². The lowest BCUT2D eigenvalue weighted by atomic mass is 9.88. The molecular weight excluding hydrogens is 252 g/mol. The monoisotopic (exact) mass is 270 g/mol. The Balaban J connectivity index is 1.71. The summed E-state index contributed by atoms with van der Waals surface area (Å²) in [6.45, 7) is 2.09. The minimum absolute atomic E-state index is 0.255. The van der Waals surface area contributed by atoms with Crippen LogP contribution in [-0.4, -0.2) is 15.9 Å². The maximum absolute atomic E-state index is 11.3. The van der Waals surface area contributed by atoms with Gasteiger partial charge < -0.3 is 4.52 Å². The van der Waals surface area contributed by atoms with Crippen molar-refractivity contribution in [3.63, 3.8) is 0 Å².